The van der Waals surface area contributed by atoms with E-state index in [9.17, 15) is 44.4 Å². The lowest BCUT2D eigenvalue weighted by atomic mass is 9.94. The molecule has 3 aliphatic rings. The SMILES string of the molecule is CC(C)C(O/N=C(\C(=O)N[C@@H]1C(=O)N2C(C(=O)O)=C(CSC3CCC(NC(=O)c4ccc(O)c(O)c4Cl)CC3)CS[C@H]12)c1csc(N)n1)C(=O)O. The third-order valence-corrected chi connectivity index (χ3v) is 12.3. The van der Waals surface area contributed by atoms with Gasteiger partial charge >= 0.3 is 11.9 Å². The van der Waals surface area contributed by atoms with Gasteiger partial charge in [0.2, 0.25) is 6.10 Å². The molecule has 2 aliphatic heterocycles. The van der Waals surface area contributed by atoms with E-state index in [1.807, 2.05) is 0 Å². The lowest BCUT2D eigenvalue weighted by Gasteiger charge is -2.49. The average Bonchev–Trinajstić information content (AvgIpc) is 3.52. The van der Waals surface area contributed by atoms with Gasteiger partial charge in [0.05, 0.1) is 10.6 Å². The van der Waals surface area contributed by atoms with Gasteiger partial charge in [0, 0.05) is 34.1 Å². The molecule has 1 saturated heterocycles. The third-order valence-electron chi connectivity index (χ3n) is 8.46. The molecular formula is C31H35ClN6O10S3. The molecule has 3 amide bonds. The number of carbonyl (C=O) groups is 5. The van der Waals surface area contributed by atoms with Gasteiger partial charge in [0.25, 0.3) is 17.7 Å². The van der Waals surface area contributed by atoms with Crippen LogP contribution in [0.3, 0.4) is 0 Å². The summed E-state index contributed by atoms with van der Waals surface area (Å²) >= 11 is 9.93. The number of thiazole rings is 1. The second-order valence-electron chi connectivity index (χ2n) is 12.3. The fourth-order valence-electron chi connectivity index (χ4n) is 5.75. The number of hydrogen-bond acceptors (Lipinski definition) is 14. The third kappa shape index (κ3) is 8.31. The van der Waals surface area contributed by atoms with Gasteiger partial charge in [0.15, 0.2) is 22.3 Å². The minimum absolute atomic E-state index is 0.0201. The topological polar surface area (TPSA) is 254 Å². The molecule has 274 valence electrons. The zero-order valence-electron chi connectivity index (χ0n) is 27.2. The van der Waals surface area contributed by atoms with Crippen LogP contribution in [0, 0.1) is 5.92 Å². The molecule has 5 rings (SSSR count). The van der Waals surface area contributed by atoms with E-state index in [-0.39, 0.29) is 44.1 Å². The Balaban J connectivity index is 1.19. The van der Waals surface area contributed by atoms with Crippen molar-refractivity contribution in [3.8, 4) is 11.5 Å². The highest BCUT2D eigenvalue weighted by Crippen LogP contribution is 2.42. The van der Waals surface area contributed by atoms with Crippen LogP contribution in [0.5, 0.6) is 11.5 Å². The Labute approximate surface area is 308 Å². The zero-order valence-corrected chi connectivity index (χ0v) is 30.4. The van der Waals surface area contributed by atoms with E-state index >= 15 is 0 Å². The van der Waals surface area contributed by atoms with Gasteiger partial charge in [-0.3, -0.25) is 19.3 Å². The number of oxime groups is 1. The van der Waals surface area contributed by atoms with Gasteiger partial charge in [-0.1, -0.05) is 30.6 Å². The average molecular weight is 783 g/mol. The molecule has 1 saturated carbocycles. The van der Waals surface area contributed by atoms with Crippen LogP contribution in [0.25, 0.3) is 0 Å². The van der Waals surface area contributed by atoms with Crippen molar-refractivity contribution in [3.05, 3.63) is 45.1 Å². The van der Waals surface area contributed by atoms with E-state index in [4.69, 9.17) is 22.2 Å². The Hall–Kier alpha value is -4.20. The van der Waals surface area contributed by atoms with E-state index < -0.39 is 64.6 Å². The Morgan fingerprint density at radius 2 is 1.86 bits per heavy atom. The van der Waals surface area contributed by atoms with Gasteiger partial charge < -0.3 is 41.6 Å². The summed E-state index contributed by atoms with van der Waals surface area (Å²) in [5.41, 5.74) is 5.87. The molecule has 51 heavy (non-hydrogen) atoms. The van der Waals surface area contributed by atoms with Crippen molar-refractivity contribution in [2.24, 2.45) is 11.1 Å². The number of aromatic hydroxyl groups is 2. The van der Waals surface area contributed by atoms with Gasteiger partial charge in [-0.25, -0.2) is 14.6 Å². The number of aliphatic carboxylic acids is 2. The summed E-state index contributed by atoms with van der Waals surface area (Å²) in [6.07, 6.45) is 1.46. The van der Waals surface area contributed by atoms with Gasteiger partial charge in [-0.15, -0.1) is 23.1 Å². The molecule has 1 aromatic carbocycles. The first kappa shape index (κ1) is 38.0. The maximum Gasteiger partial charge on any atom is 0.352 e. The van der Waals surface area contributed by atoms with E-state index in [1.54, 1.807) is 25.6 Å². The largest absolute Gasteiger partial charge is 0.504 e. The summed E-state index contributed by atoms with van der Waals surface area (Å²) in [4.78, 5) is 73.9. The number of nitrogens with zero attached hydrogens (tertiary/aromatic N) is 3. The first-order valence-corrected chi connectivity index (χ1v) is 19.0. The number of halogens is 1. The number of nitrogens with two attached hydrogens (primary N) is 1. The summed E-state index contributed by atoms with van der Waals surface area (Å²) in [7, 11) is 0. The second-order valence-corrected chi connectivity index (χ2v) is 16.0. The highest BCUT2D eigenvalue weighted by atomic mass is 35.5. The number of nitrogens with one attached hydrogen (secondary N) is 2. The molecule has 2 fully saturated rings. The number of aromatic nitrogens is 1. The summed E-state index contributed by atoms with van der Waals surface area (Å²) in [5.74, 6) is -5.30. The van der Waals surface area contributed by atoms with Crippen molar-refractivity contribution < 1.29 is 49.2 Å². The number of phenolic OH excluding ortho intramolecular Hbond substituents is 2. The quantitative estimate of drug-likeness (QED) is 0.0668. The first-order chi connectivity index (χ1) is 24.2. The summed E-state index contributed by atoms with van der Waals surface area (Å²) < 4.78 is 0. The summed E-state index contributed by atoms with van der Waals surface area (Å²) in [6.45, 7) is 3.21. The summed E-state index contributed by atoms with van der Waals surface area (Å²) in [5, 5.41) is 49.1. The van der Waals surface area contributed by atoms with Crippen molar-refractivity contribution in [3.63, 3.8) is 0 Å². The van der Waals surface area contributed by atoms with Crippen LogP contribution in [-0.4, -0.2) is 106 Å². The van der Waals surface area contributed by atoms with Crippen molar-refractivity contribution in [1.29, 1.82) is 0 Å². The van der Waals surface area contributed by atoms with Crippen molar-refractivity contribution in [2.45, 2.75) is 68.3 Å². The lowest BCUT2D eigenvalue weighted by Crippen LogP contribution is -2.71. The number of carboxylic acids is 2. The lowest BCUT2D eigenvalue weighted by molar-refractivity contribution is -0.153. The minimum atomic E-state index is -1.36. The maximum absolute atomic E-state index is 13.4. The van der Waals surface area contributed by atoms with Crippen LogP contribution in [0.1, 0.15) is 55.6 Å². The number of rotatable bonds is 13. The van der Waals surface area contributed by atoms with Gasteiger partial charge in [-0.2, -0.15) is 11.8 Å². The maximum atomic E-state index is 13.4. The first-order valence-electron chi connectivity index (χ1n) is 15.7. The van der Waals surface area contributed by atoms with Crippen LogP contribution in [0.2, 0.25) is 5.02 Å². The molecule has 0 bridgehead atoms. The fraction of sp³-hybridized carbons (Fsp3) is 0.452. The van der Waals surface area contributed by atoms with Crippen LogP contribution >= 0.6 is 46.5 Å². The number of carbonyl (C=O) groups excluding carboxylic acids is 3. The predicted molar refractivity (Wildman–Crippen MR) is 191 cm³/mol. The molecule has 0 radical (unpaired) electrons. The normalized spacial score (nSPS) is 22.5. The molecule has 0 spiro atoms. The molecule has 2 aromatic rings. The number of nitrogen functional groups attached to an aromatic ring is 1. The Morgan fingerprint density at radius 1 is 1.16 bits per heavy atom. The van der Waals surface area contributed by atoms with Crippen LogP contribution in [0.4, 0.5) is 5.13 Å². The number of carboxylic acid groups (broad SMARTS) is 2. The molecule has 3 atom stereocenters. The number of anilines is 1. The van der Waals surface area contributed by atoms with Crippen molar-refractivity contribution in [1.82, 2.24) is 20.5 Å². The molecule has 8 N–H and O–H groups in total. The van der Waals surface area contributed by atoms with Crippen LogP contribution in [-0.2, 0) is 24.0 Å². The van der Waals surface area contributed by atoms with Crippen LogP contribution < -0.4 is 16.4 Å². The smallest absolute Gasteiger partial charge is 0.352 e. The number of thioether (sulfide) groups is 2. The molecular weight excluding hydrogens is 748 g/mol. The number of phenols is 2. The number of β-lactam (4-membered cyclic amide) rings is 1. The number of benzene rings is 1. The Bertz CT molecular complexity index is 1790. The van der Waals surface area contributed by atoms with Gasteiger partial charge in [-0.05, 0) is 43.4 Å². The summed E-state index contributed by atoms with van der Waals surface area (Å²) in [6, 6.07) is 1.31. The number of hydrogen-bond donors (Lipinski definition) is 7. The van der Waals surface area contributed by atoms with Crippen molar-refractivity contribution in [2.75, 3.05) is 17.2 Å². The van der Waals surface area contributed by atoms with E-state index in [2.05, 4.69) is 20.8 Å². The molecule has 1 aliphatic carbocycles. The highest BCUT2D eigenvalue weighted by molar-refractivity contribution is 8.01. The van der Waals surface area contributed by atoms with E-state index in [0.29, 0.717) is 29.9 Å². The molecule has 3 heterocycles. The predicted octanol–water partition coefficient (Wildman–Crippen LogP) is 2.83. The molecule has 20 heteroatoms. The fourth-order valence-corrected chi connectivity index (χ4v) is 9.30. The van der Waals surface area contributed by atoms with E-state index in [1.165, 1.54) is 34.2 Å². The number of fused-ring (bicyclic) bond motifs is 1. The standard InChI is InChI=1S/C31H35ClN6O10S3/c1-12(2)24(30(46)47)48-37-20(17-11-51-31(33)35-17)26(42)36-21-27(43)38-22(29(44)45)13(10-50-28(21)38)9-49-15-5-3-14(4-6-15)34-25(41)16-7-8-18(39)23(40)19(16)32/h7-8,11-12,14-15,21,24,28,39-40H,3-6,9-10H2,1-2H3,(H2,33,35)(H,34,41)(H,36,42)(H,44,45)(H,46,47)/b37-20-/t14?,15?,21-,24?,28-/m1/s1. The zero-order chi connectivity index (χ0) is 37.1. The van der Waals surface area contributed by atoms with E-state index in [0.717, 1.165) is 24.2 Å². The minimum Gasteiger partial charge on any atom is -0.504 e. The molecule has 16 nitrogen and oxygen atoms in total. The second kappa shape index (κ2) is 16.0. The van der Waals surface area contributed by atoms with Crippen molar-refractivity contribution >= 4 is 87.0 Å². The Kier molecular flexibility index (Phi) is 11.9. The highest BCUT2D eigenvalue weighted by Gasteiger charge is 2.54. The number of amides is 3. The molecule has 1 aromatic heterocycles. The Morgan fingerprint density at radius 3 is 2.47 bits per heavy atom. The monoisotopic (exact) mass is 782 g/mol. The van der Waals surface area contributed by atoms with Crippen LogP contribution in [0.15, 0.2) is 33.9 Å². The molecule has 1 unspecified atom stereocenters. The van der Waals surface area contributed by atoms with Gasteiger partial charge in [0.1, 0.15) is 22.8 Å².